The number of aliphatic hydroxyl groups excluding tert-OH is 1. The van der Waals surface area contributed by atoms with Crippen LogP contribution in [0.4, 0.5) is 8.78 Å². The molecule has 0 aromatic carbocycles. The highest BCUT2D eigenvalue weighted by Gasteiger charge is 2.19. The number of ether oxygens (including phenoxy) is 1. The highest BCUT2D eigenvalue weighted by molar-refractivity contribution is 14.1. The van der Waals surface area contributed by atoms with Gasteiger partial charge in [-0.1, -0.05) is 0 Å². The van der Waals surface area contributed by atoms with Crippen LogP contribution in [0.3, 0.4) is 0 Å². The zero-order valence-electron chi connectivity index (χ0n) is 7.30. The second kappa shape index (κ2) is 4.83. The lowest BCUT2D eigenvalue weighted by Gasteiger charge is -2.11. The van der Waals surface area contributed by atoms with Crippen molar-refractivity contribution < 1.29 is 18.6 Å². The topological polar surface area (TPSA) is 42.4 Å². The summed E-state index contributed by atoms with van der Waals surface area (Å²) in [5.74, 6) is 0.262. The Morgan fingerprint density at radius 2 is 2.29 bits per heavy atom. The number of aliphatic hydroxyl groups is 1. The van der Waals surface area contributed by atoms with Gasteiger partial charge in [0.2, 0.25) is 0 Å². The van der Waals surface area contributed by atoms with Gasteiger partial charge < -0.3 is 9.84 Å². The molecule has 1 aromatic rings. The van der Waals surface area contributed by atoms with E-state index in [4.69, 9.17) is 9.84 Å². The summed E-state index contributed by atoms with van der Waals surface area (Å²) >= 11 is 1.73. The molecule has 6 heteroatoms. The maximum atomic E-state index is 12.4. The van der Waals surface area contributed by atoms with Gasteiger partial charge in [-0.05, 0) is 22.6 Å². The molecule has 0 aliphatic carbocycles. The smallest absolute Gasteiger partial charge is 0.281 e. The fourth-order valence-electron chi connectivity index (χ4n) is 1.01. The maximum Gasteiger partial charge on any atom is 0.281 e. The number of alkyl halides is 2. The Bertz CT molecular complexity index is 333. The molecule has 0 aliphatic rings. The summed E-state index contributed by atoms with van der Waals surface area (Å²) in [5, 5.41) is 8.89. The van der Waals surface area contributed by atoms with Crippen LogP contribution in [0.15, 0.2) is 6.20 Å². The van der Waals surface area contributed by atoms with Gasteiger partial charge in [0.25, 0.3) is 6.43 Å². The van der Waals surface area contributed by atoms with Crippen LogP contribution in [0.25, 0.3) is 0 Å². The monoisotopic (exact) mass is 315 g/mol. The molecule has 1 heterocycles. The lowest BCUT2D eigenvalue weighted by molar-refractivity contribution is 0.144. The molecule has 0 aliphatic heterocycles. The van der Waals surface area contributed by atoms with Gasteiger partial charge in [0.1, 0.15) is 11.4 Å². The van der Waals surface area contributed by atoms with Gasteiger partial charge in [-0.3, -0.25) is 4.98 Å². The summed E-state index contributed by atoms with van der Waals surface area (Å²) in [7, 11) is 1.37. The van der Waals surface area contributed by atoms with Crippen LogP contribution >= 0.6 is 22.6 Å². The van der Waals surface area contributed by atoms with Crippen LogP contribution in [0.1, 0.15) is 17.7 Å². The van der Waals surface area contributed by atoms with Crippen molar-refractivity contribution in [1.29, 1.82) is 0 Å². The number of hydrogen-bond donors (Lipinski definition) is 1. The van der Waals surface area contributed by atoms with Gasteiger partial charge in [0, 0.05) is 11.8 Å². The first-order chi connectivity index (χ1) is 6.61. The zero-order valence-corrected chi connectivity index (χ0v) is 9.46. The molecule has 0 atom stereocenters. The van der Waals surface area contributed by atoms with E-state index in [0.717, 1.165) is 0 Å². The summed E-state index contributed by atoms with van der Waals surface area (Å²) in [6.45, 7) is -0.282. The van der Waals surface area contributed by atoms with Crippen molar-refractivity contribution in [3.8, 4) is 5.75 Å². The summed E-state index contributed by atoms with van der Waals surface area (Å²) in [6.07, 6.45) is -1.44. The van der Waals surface area contributed by atoms with Gasteiger partial charge in [0.15, 0.2) is 0 Å². The number of pyridine rings is 1. The number of rotatable bonds is 3. The SMILES string of the molecule is COc1c(CO)cnc(C(F)F)c1I. The molecule has 1 rings (SSSR count). The van der Waals surface area contributed by atoms with Gasteiger partial charge in [-0.15, -0.1) is 0 Å². The van der Waals surface area contributed by atoms with Crippen molar-refractivity contribution in [2.75, 3.05) is 7.11 Å². The second-order valence-corrected chi connectivity index (χ2v) is 3.55. The third-order valence-corrected chi connectivity index (χ3v) is 2.70. The van der Waals surface area contributed by atoms with Gasteiger partial charge in [0.05, 0.1) is 17.3 Å². The van der Waals surface area contributed by atoms with Crippen LogP contribution in [-0.2, 0) is 6.61 Å². The standard InChI is InChI=1S/C8H8F2INO2/c1-14-7-4(3-13)2-12-6(5(7)11)8(9)10/h2,8,13H,3H2,1H3. The van der Waals surface area contributed by atoms with Crippen molar-refractivity contribution in [3.63, 3.8) is 0 Å². The Hall–Kier alpha value is -0.500. The van der Waals surface area contributed by atoms with E-state index in [9.17, 15) is 8.78 Å². The molecule has 0 fully saturated rings. The normalized spacial score (nSPS) is 10.7. The summed E-state index contributed by atoms with van der Waals surface area (Å²) < 4.78 is 29.9. The number of methoxy groups -OCH3 is 1. The minimum Gasteiger partial charge on any atom is -0.495 e. The third-order valence-electron chi connectivity index (χ3n) is 1.66. The number of aromatic nitrogens is 1. The molecule has 1 N–H and O–H groups in total. The van der Waals surface area contributed by atoms with Gasteiger partial charge >= 0.3 is 0 Å². The Morgan fingerprint density at radius 3 is 2.71 bits per heavy atom. The first-order valence-corrected chi connectivity index (χ1v) is 4.80. The molecule has 0 amide bonds. The Kier molecular flexibility index (Phi) is 3.99. The molecule has 78 valence electrons. The van der Waals surface area contributed by atoms with Crippen LogP contribution < -0.4 is 4.74 Å². The van der Waals surface area contributed by atoms with Crippen LogP contribution in [0, 0.1) is 3.57 Å². The van der Waals surface area contributed by atoms with E-state index in [1.807, 2.05) is 0 Å². The van der Waals surface area contributed by atoms with E-state index in [-0.39, 0.29) is 21.6 Å². The van der Waals surface area contributed by atoms with Crippen molar-refractivity contribution in [2.24, 2.45) is 0 Å². The zero-order chi connectivity index (χ0) is 10.7. The first-order valence-electron chi connectivity index (χ1n) is 3.72. The van der Waals surface area contributed by atoms with Crippen LogP contribution in [0.2, 0.25) is 0 Å². The average Bonchev–Trinajstić information content (AvgIpc) is 2.16. The van der Waals surface area contributed by atoms with E-state index in [0.29, 0.717) is 5.56 Å². The van der Waals surface area contributed by atoms with E-state index >= 15 is 0 Å². The van der Waals surface area contributed by atoms with Crippen molar-refractivity contribution in [3.05, 3.63) is 21.0 Å². The van der Waals surface area contributed by atoms with Gasteiger partial charge in [-0.2, -0.15) is 0 Å². The number of halogens is 3. The molecule has 0 saturated heterocycles. The third kappa shape index (κ3) is 2.11. The van der Waals surface area contributed by atoms with E-state index < -0.39 is 6.43 Å². The lowest BCUT2D eigenvalue weighted by Crippen LogP contribution is -2.02. The fourth-order valence-corrected chi connectivity index (χ4v) is 1.95. The summed E-state index contributed by atoms with van der Waals surface area (Å²) in [5.41, 5.74) is 0.0842. The Morgan fingerprint density at radius 1 is 1.64 bits per heavy atom. The summed E-state index contributed by atoms with van der Waals surface area (Å²) in [4.78, 5) is 3.56. The molecule has 0 unspecified atom stereocenters. The molecule has 0 spiro atoms. The highest BCUT2D eigenvalue weighted by Crippen LogP contribution is 2.31. The van der Waals surface area contributed by atoms with E-state index in [1.54, 1.807) is 22.6 Å². The first kappa shape index (κ1) is 11.6. The quantitative estimate of drug-likeness (QED) is 0.869. The van der Waals surface area contributed by atoms with Crippen molar-refractivity contribution in [1.82, 2.24) is 4.98 Å². The molecular formula is C8H8F2INO2. The molecule has 1 aromatic heterocycles. The fraction of sp³-hybridized carbons (Fsp3) is 0.375. The number of nitrogens with zero attached hydrogens (tertiary/aromatic N) is 1. The predicted molar refractivity (Wildman–Crippen MR) is 54.4 cm³/mol. The molecule has 0 saturated carbocycles. The minimum atomic E-state index is -2.64. The highest BCUT2D eigenvalue weighted by atomic mass is 127. The predicted octanol–water partition coefficient (Wildman–Crippen LogP) is 2.12. The second-order valence-electron chi connectivity index (χ2n) is 2.47. The largest absolute Gasteiger partial charge is 0.495 e. The Balaban J connectivity index is 3.27. The van der Waals surface area contributed by atoms with Crippen molar-refractivity contribution in [2.45, 2.75) is 13.0 Å². The minimum absolute atomic E-state index is 0.242. The molecule has 3 nitrogen and oxygen atoms in total. The number of hydrogen-bond acceptors (Lipinski definition) is 3. The maximum absolute atomic E-state index is 12.4. The molecule has 0 radical (unpaired) electrons. The van der Waals surface area contributed by atoms with Crippen LogP contribution in [-0.4, -0.2) is 17.2 Å². The van der Waals surface area contributed by atoms with Crippen molar-refractivity contribution >= 4 is 22.6 Å². The summed E-state index contributed by atoms with van der Waals surface area (Å²) in [6, 6.07) is 0. The average molecular weight is 315 g/mol. The van der Waals surface area contributed by atoms with E-state index in [1.165, 1.54) is 13.3 Å². The molecule has 0 bridgehead atoms. The van der Waals surface area contributed by atoms with Gasteiger partial charge in [-0.25, -0.2) is 8.78 Å². The van der Waals surface area contributed by atoms with Crippen LogP contribution in [0.5, 0.6) is 5.75 Å². The Labute approximate surface area is 93.2 Å². The molecule has 14 heavy (non-hydrogen) atoms. The molecular weight excluding hydrogens is 307 g/mol. The lowest BCUT2D eigenvalue weighted by atomic mass is 10.2. The van der Waals surface area contributed by atoms with E-state index in [2.05, 4.69) is 4.98 Å².